The molecule has 0 unspecified atom stereocenters. The smallest absolute Gasteiger partial charge is 0.182 e. The van der Waals surface area contributed by atoms with Crippen LogP contribution in [0.1, 0.15) is 11.1 Å². The highest BCUT2D eigenvalue weighted by Gasteiger charge is 2.19. The Balaban J connectivity index is 0.000000142. The Morgan fingerprint density at radius 1 is 0.500 bits per heavy atom. The van der Waals surface area contributed by atoms with Crippen LogP contribution >= 0.6 is 0 Å². The van der Waals surface area contributed by atoms with Gasteiger partial charge in [0.1, 0.15) is 11.5 Å². The van der Waals surface area contributed by atoms with Gasteiger partial charge in [-0.15, -0.1) is 0 Å². The predicted molar refractivity (Wildman–Crippen MR) is 170 cm³/mol. The summed E-state index contributed by atoms with van der Waals surface area (Å²) in [6, 6.07) is 33.9. The number of aromatic hydroxyl groups is 2. The van der Waals surface area contributed by atoms with Gasteiger partial charge in [-0.05, 0) is 110 Å². The number of furan rings is 2. The van der Waals surface area contributed by atoms with Crippen molar-refractivity contribution >= 4 is 22.1 Å². The van der Waals surface area contributed by atoms with E-state index in [-0.39, 0.29) is 11.5 Å². The molecule has 8 rings (SSSR count). The molecule has 0 aliphatic heterocycles. The molecular weight excluding hydrogens is 552 g/mol. The third kappa shape index (κ3) is 4.78. The number of benzene rings is 4. The molecular formula is C36H28N4O4. The van der Waals surface area contributed by atoms with Crippen molar-refractivity contribution in [1.29, 1.82) is 0 Å². The number of hydrogen-bond acceptors (Lipinski definition) is 6. The summed E-state index contributed by atoms with van der Waals surface area (Å²) < 4.78 is 15.4. The van der Waals surface area contributed by atoms with Crippen LogP contribution in [0.3, 0.4) is 0 Å². The number of phenols is 2. The van der Waals surface area contributed by atoms with Crippen LogP contribution < -0.4 is 0 Å². The highest BCUT2D eigenvalue weighted by atomic mass is 16.3. The average Bonchev–Trinajstić information content (AvgIpc) is 3.83. The number of aromatic nitrogens is 4. The molecule has 0 atom stereocenters. The lowest BCUT2D eigenvalue weighted by Crippen LogP contribution is -1.97. The molecule has 4 aromatic heterocycles. The number of para-hydroxylation sites is 4. The molecule has 0 aliphatic carbocycles. The van der Waals surface area contributed by atoms with Gasteiger partial charge in [-0.25, -0.2) is 9.97 Å². The lowest BCUT2D eigenvalue weighted by molar-refractivity contribution is 0.474. The Labute approximate surface area is 252 Å². The quantitative estimate of drug-likeness (QED) is 0.216. The maximum atomic E-state index is 9.52. The van der Waals surface area contributed by atoms with E-state index in [0.717, 1.165) is 67.7 Å². The van der Waals surface area contributed by atoms with E-state index in [0.29, 0.717) is 0 Å². The Morgan fingerprint density at radius 3 is 1.25 bits per heavy atom. The lowest BCUT2D eigenvalue weighted by atomic mass is 10.2. The molecule has 2 N–H and O–H groups in total. The molecule has 0 amide bonds. The van der Waals surface area contributed by atoms with Gasteiger partial charge in [-0.2, -0.15) is 0 Å². The zero-order valence-corrected chi connectivity index (χ0v) is 24.0. The number of rotatable bonds is 4. The van der Waals surface area contributed by atoms with Crippen molar-refractivity contribution in [1.82, 2.24) is 19.1 Å². The van der Waals surface area contributed by atoms with E-state index in [1.807, 2.05) is 108 Å². The summed E-state index contributed by atoms with van der Waals surface area (Å²) in [7, 11) is 0. The van der Waals surface area contributed by atoms with Crippen molar-refractivity contribution in [3.05, 3.63) is 133 Å². The number of fused-ring (bicyclic) bond motifs is 2. The second kappa shape index (κ2) is 11.0. The number of aryl methyl sites for hydroxylation is 2. The van der Waals surface area contributed by atoms with E-state index in [9.17, 15) is 10.2 Å². The van der Waals surface area contributed by atoms with Gasteiger partial charge in [0.2, 0.25) is 0 Å². The summed E-state index contributed by atoms with van der Waals surface area (Å²) in [5, 5.41) is 19.0. The first-order valence-corrected chi connectivity index (χ1v) is 14.1. The SMILES string of the molecule is Cc1ccoc1-c1nc2ccccc2n1-c1ccc(O)cc1.Cc1ccoc1-c1nc2ccccc2n1-c1ccc(O)cc1. The minimum Gasteiger partial charge on any atom is -0.508 e. The van der Waals surface area contributed by atoms with Crippen molar-refractivity contribution in [2.24, 2.45) is 0 Å². The Kier molecular flexibility index (Phi) is 6.71. The van der Waals surface area contributed by atoms with Crippen LogP contribution in [0, 0.1) is 13.8 Å². The second-order valence-electron chi connectivity index (χ2n) is 10.4. The number of phenolic OH excluding ortho intramolecular Hbond substituents is 2. The first kappa shape index (κ1) is 26.9. The van der Waals surface area contributed by atoms with E-state index in [1.54, 1.807) is 36.8 Å². The molecule has 216 valence electrons. The van der Waals surface area contributed by atoms with E-state index >= 15 is 0 Å². The largest absolute Gasteiger partial charge is 0.508 e. The molecule has 0 aliphatic rings. The second-order valence-corrected chi connectivity index (χ2v) is 10.4. The topological polar surface area (TPSA) is 102 Å². The molecule has 0 spiro atoms. The van der Waals surface area contributed by atoms with Crippen LogP contribution in [0.5, 0.6) is 11.5 Å². The van der Waals surface area contributed by atoms with Crippen LogP contribution in [0.25, 0.3) is 56.6 Å². The molecule has 8 nitrogen and oxygen atoms in total. The van der Waals surface area contributed by atoms with Crippen LogP contribution in [0.4, 0.5) is 0 Å². The number of hydrogen-bond donors (Lipinski definition) is 2. The van der Waals surface area contributed by atoms with Crippen molar-refractivity contribution in [2.45, 2.75) is 13.8 Å². The van der Waals surface area contributed by atoms with Gasteiger partial charge in [-0.1, -0.05) is 24.3 Å². The van der Waals surface area contributed by atoms with Crippen LogP contribution in [-0.2, 0) is 0 Å². The van der Waals surface area contributed by atoms with E-state index < -0.39 is 0 Å². The van der Waals surface area contributed by atoms with Crippen molar-refractivity contribution in [3.63, 3.8) is 0 Å². The van der Waals surface area contributed by atoms with Gasteiger partial charge in [-0.3, -0.25) is 9.13 Å². The predicted octanol–water partition coefficient (Wildman–Crippen LogP) is 8.60. The third-order valence-corrected chi connectivity index (χ3v) is 7.47. The molecule has 8 heteroatoms. The Bertz CT molecular complexity index is 2060. The van der Waals surface area contributed by atoms with E-state index in [2.05, 4.69) is 0 Å². The number of nitrogens with zero attached hydrogens (tertiary/aromatic N) is 4. The van der Waals surface area contributed by atoms with Gasteiger partial charge < -0.3 is 19.0 Å². The maximum absolute atomic E-state index is 9.52. The van der Waals surface area contributed by atoms with Crippen LogP contribution in [0.15, 0.2) is 131 Å². The minimum atomic E-state index is 0.240. The standard InChI is InChI=1S/2C18H14N2O2/c2*1-12-10-11-22-17(12)18-19-15-4-2-3-5-16(15)20(18)13-6-8-14(21)9-7-13/h2*2-11,21H,1H3. The zero-order chi connectivity index (χ0) is 30.2. The monoisotopic (exact) mass is 580 g/mol. The van der Waals surface area contributed by atoms with Crippen molar-refractivity contribution in [3.8, 4) is 46.0 Å². The molecule has 44 heavy (non-hydrogen) atoms. The average molecular weight is 581 g/mol. The highest BCUT2D eigenvalue weighted by molar-refractivity contribution is 5.84. The maximum Gasteiger partial charge on any atom is 0.182 e. The Morgan fingerprint density at radius 2 is 0.886 bits per heavy atom. The minimum absolute atomic E-state index is 0.240. The summed E-state index contributed by atoms with van der Waals surface area (Å²) in [5.74, 6) is 3.50. The fourth-order valence-corrected chi connectivity index (χ4v) is 5.29. The zero-order valence-electron chi connectivity index (χ0n) is 24.0. The van der Waals surface area contributed by atoms with Crippen LogP contribution in [-0.4, -0.2) is 29.3 Å². The van der Waals surface area contributed by atoms with Gasteiger partial charge in [0, 0.05) is 11.4 Å². The van der Waals surface area contributed by atoms with Crippen molar-refractivity contribution < 1.29 is 19.0 Å². The fraction of sp³-hybridized carbons (Fsp3) is 0.0556. The van der Waals surface area contributed by atoms with Crippen molar-refractivity contribution in [2.75, 3.05) is 0 Å². The van der Waals surface area contributed by atoms with Gasteiger partial charge in [0.25, 0.3) is 0 Å². The first-order valence-electron chi connectivity index (χ1n) is 14.1. The molecule has 0 radical (unpaired) electrons. The summed E-state index contributed by atoms with van der Waals surface area (Å²) >= 11 is 0. The third-order valence-electron chi connectivity index (χ3n) is 7.47. The molecule has 0 saturated carbocycles. The first-order chi connectivity index (χ1) is 21.5. The summed E-state index contributed by atoms with van der Waals surface area (Å²) in [6.45, 7) is 4.00. The van der Waals surface area contributed by atoms with Gasteiger partial charge in [0.15, 0.2) is 23.2 Å². The molecule has 8 aromatic rings. The Hall–Kier alpha value is -6.02. The van der Waals surface area contributed by atoms with Gasteiger partial charge in [0.05, 0.1) is 34.6 Å². The summed E-state index contributed by atoms with van der Waals surface area (Å²) in [4.78, 5) is 9.44. The summed E-state index contributed by atoms with van der Waals surface area (Å²) in [5.41, 5.74) is 7.74. The number of imidazole rings is 2. The molecule has 4 aromatic carbocycles. The fourth-order valence-electron chi connectivity index (χ4n) is 5.29. The van der Waals surface area contributed by atoms with Gasteiger partial charge >= 0.3 is 0 Å². The molecule has 0 fully saturated rings. The van der Waals surface area contributed by atoms with E-state index in [1.165, 1.54) is 0 Å². The molecule has 0 saturated heterocycles. The lowest BCUT2D eigenvalue weighted by Gasteiger charge is -2.08. The normalized spacial score (nSPS) is 11.1. The summed E-state index contributed by atoms with van der Waals surface area (Å²) in [6.07, 6.45) is 3.34. The molecule has 0 bridgehead atoms. The van der Waals surface area contributed by atoms with E-state index in [4.69, 9.17) is 18.8 Å². The van der Waals surface area contributed by atoms with Crippen LogP contribution in [0.2, 0.25) is 0 Å². The molecule has 4 heterocycles. The highest BCUT2D eigenvalue weighted by Crippen LogP contribution is 2.33.